The zero-order chi connectivity index (χ0) is 12.8. The first-order valence-electron chi connectivity index (χ1n) is 6.35. The lowest BCUT2D eigenvalue weighted by molar-refractivity contribution is 0.207. The van der Waals surface area contributed by atoms with E-state index in [1.807, 2.05) is 18.2 Å². The van der Waals surface area contributed by atoms with Crippen molar-refractivity contribution in [2.45, 2.75) is 25.4 Å². The minimum atomic E-state index is 0.217. The molecule has 18 heavy (non-hydrogen) atoms. The second-order valence-corrected chi connectivity index (χ2v) is 4.43. The molecule has 1 heterocycles. The number of aliphatic imine (C=N–C) groups is 1. The molecule has 0 bridgehead atoms. The second kappa shape index (κ2) is 6.40. The van der Waals surface area contributed by atoms with Crippen LogP contribution in [-0.2, 0) is 11.2 Å². The Morgan fingerprint density at radius 1 is 1.50 bits per heavy atom. The van der Waals surface area contributed by atoms with Crippen LogP contribution in [0.1, 0.15) is 18.4 Å². The summed E-state index contributed by atoms with van der Waals surface area (Å²) in [5, 5.41) is 0. The van der Waals surface area contributed by atoms with Crippen LogP contribution in [0, 0.1) is 0 Å². The number of nitrogens with zero attached hydrogens (tertiary/aromatic N) is 1. The number of benzene rings is 1. The molecule has 98 valence electrons. The fraction of sp³-hybridized carbons (Fsp3) is 0.500. The number of nitrogens with two attached hydrogens (primary N) is 1. The second-order valence-electron chi connectivity index (χ2n) is 4.43. The van der Waals surface area contributed by atoms with E-state index < -0.39 is 0 Å². The quantitative estimate of drug-likeness (QED) is 0.834. The van der Waals surface area contributed by atoms with E-state index in [0.29, 0.717) is 6.54 Å². The molecule has 2 rings (SSSR count). The lowest BCUT2D eigenvalue weighted by Crippen LogP contribution is -2.15. The molecule has 1 unspecified atom stereocenters. The molecule has 2 N–H and O–H groups in total. The summed E-state index contributed by atoms with van der Waals surface area (Å²) in [6.45, 7) is 1.48. The maximum absolute atomic E-state index is 5.79. The van der Waals surface area contributed by atoms with Gasteiger partial charge < -0.3 is 15.2 Å². The molecule has 0 radical (unpaired) electrons. The molecular formula is C14H20N2O2. The molecule has 1 aliphatic heterocycles. The van der Waals surface area contributed by atoms with Gasteiger partial charge in [0.05, 0.1) is 13.7 Å². The van der Waals surface area contributed by atoms with E-state index in [0.717, 1.165) is 43.0 Å². The first kappa shape index (κ1) is 12.9. The van der Waals surface area contributed by atoms with Crippen LogP contribution in [-0.4, -0.2) is 32.2 Å². The summed E-state index contributed by atoms with van der Waals surface area (Å²) in [6.07, 6.45) is 2.93. The van der Waals surface area contributed by atoms with Gasteiger partial charge in [-0.1, -0.05) is 12.1 Å². The fourth-order valence-corrected chi connectivity index (χ4v) is 2.02. The molecule has 1 aromatic carbocycles. The first-order valence-corrected chi connectivity index (χ1v) is 6.35. The highest BCUT2D eigenvalue weighted by molar-refractivity contribution is 5.80. The van der Waals surface area contributed by atoms with Gasteiger partial charge in [-0.15, -0.1) is 0 Å². The Bertz CT molecular complexity index is 418. The van der Waals surface area contributed by atoms with Crippen molar-refractivity contribution >= 4 is 5.90 Å². The highest BCUT2D eigenvalue weighted by atomic mass is 16.5. The molecule has 0 saturated heterocycles. The highest BCUT2D eigenvalue weighted by Gasteiger charge is 2.19. The molecule has 0 aliphatic carbocycles. The minimum absolute atomic E-state index is 0.217. The summed E-state index contributed by atoms with van der Waals surface area (Å²) >= 11 is 0. The van der Waals surface area contributed by atoms with E-state index in [4.69, 9.17) is 15.2 Å². The molecule has 0 spiro atoms. The standard InChI is InChI=1S/C14H20N2O2/c1-17-12-5-2-4-11(8-12)9-14-16-10-13(18-14)6-3-7-15/h2,4-5,8,13H,3,6-7,9-10,15H2,1H3. The summed E-state index contributed by atoms with van der Waals surface area (Å²) in [5.74, 6) is 1.69. The molecule has 0 saturated carbocycles. The number of rotatable bonds is 6. The van der Waals surface area contributed by atoms with E-state index in [2.05, 4.69) is 11.1 Å². The van der Waals surface area contributed by atoms with Gasteiger partial charge in [-0.3, -0.25) is 4.99 Å². The van der Waals surface area contributed by atoms with Crippen LogP contribution in [0.3, 0.4) is 0 Å². The third kappa shape index (κ3) is 3.47. The monoisotopic (exact) mass is 248 g/mol. The van der Waals surface area contributed by atoms with Crippen LogP contribution in [0.15, 0.2) is 29.3 Å². The van der Waals surface area contributed by atoms with E-state index in [1.54, 1.807) is 7.11 Å². The van der Waals surface area contributed by atoms with Crippen molar-refractivity contribution in [2.24, 2.45) is 10.7 Å². The Labute approximate surface area is 108 Å². The van der Waals surface area contributed by atoms with Gasteiger partial charge in [0.1, 0.15) is 11.9 Å². The summed E-state index contributed by atoms with van der Waals surface area (Å²) < 4.78 is 11.0. The molecule has 4 heteroatoms. The summed E-state index contributed by atoms with van der Waals surface area (Å²) in [6, 6.07) is 7.99. The molecule has 0 amide bonds. The summed E-state index contributed by atoms with van der Waals surface area (Å²) in [4.78, 5) is 4.43. The third-order valence-corrected chi connectivity index (χ3v) is 2.99. The van der Waals surface area contributed by atoms with E-state index in [-0.39, 0.29) is 6.10 Å². The Morgan fingerprint density at radius 3 is 3.17 bits per heavy atom. The third-order valence-electron chi connectivity index (χ3n) is 2.99. The van der Waals surface area contributed by atoms with Crippen LogP contribution in [0.2, 0.25) is 0 Å². The average molecular weight is 248 g/mol. The minimum Gasteiger partial charge on any atom is -0.497 e. The van der Waals surface area contributed by atoms with Crippen LogP contribution >= 0.6 is 0 Å². The van der Waals surface area contributed by atoms with Gasteiger partial charge in [0.25, 0.3) is 0 Å². The first-order chi connectivity index (χ1) is 8.81. The van der Waals surface area contributed by atoms with Crippen molar-refractivity contribution in [2.75, 3.05) is 20.2 Å². The normalized spacial score (nSPS) is 18.3. The fourth-order valence-electron chi connectivity index (χ4n) is 2.02. The smallest absolute Gasteiger partial charge is 0.188 e. The number of hydrogen-bond acceptors (Lipinski definition) is 4. The van der Waals surface area contributed by atoms with E-state index >= 15 is 0 Å². The Balaban J connectivity index is 1.87. The van der Waals surface area contributed by atoms with Gasteiger partial charge in [0.2, 0.25) is 0 Å². The maximum atomic E-state index is 5.79. The van der Waals surface area contributed by atoms with E-state index in [1.165, 1.54) is 0 Å². The summed E-state index contributed by atoms with van der Waals surface area (Å²) in [5.41, 5.74) is 6.65. The molecule has 1 atom stereocenters. The van der Waals surface area contributed by atoms with Crippen molar-refractivity contribution in [1.82, 2.24) is 0 Å². The zero-order valence-electron chi connectivity index (χ0n) is 10.8. The topological polar surface area (TPSA) is 56.8 Å². The van der Waals surface area contributed by atoms with Gasteiger partial charge in [0, 0.05) is 6.42 Å². The van der Waals surface area contributed by atoms with Crippen molar-refractivity contribution < 1.29 is 9.47 Å². The van der Waals surface area contributed by atoms with Gasteiger partial charge >= 0.3 is 0 Å². The lowest BCUT2D eigenvalue weighted by Gasteiger charge is -2.10. The highest BCUT2D eigenvalue weighted by Crippen LogP contribution is 2.17. The Hall–Kier alpha value is -1.55. The SMILES string of the molecule is COc1cccc(CC2=NCC(CCCN)O2)c1. The van der Waals surface area contributed by atoms with Gasteiger partial charge in [-0.05, 0) is 37.1 Å². The summed E-state index contributed by atoms with van der Waals surface area (Å²) in [7, 11) is 1.67. The predicted molar refractivity (Wildman–Crippen MR) is 72.2 cm³/mol. The largest absolute Gasteiger partial charge is 0.497 e. The van der Waals surface area contributed by atoms with Crippen LogP contribution in [0.25, 0.3) is 0 Å². The average Bonchev–Trinajstić information content (AvgIpc) is 2.84. The molecule has 1 aliphatic rings. The molecule has 0 fully saturated rings. The predicted octanol–water partition coefficient (Wildman–Crippen LogP) is 1.77. The molecular weight excluding hydrogens is 228 g/mol. The number of methoxy groups -OCH3 is 1. The lowest BCUT2D eigenvalue weighted by atomic mass is 10.1. The zero-order valence-corrected chi connectivity index (χ0v) is 10.8. The van der Waals surface area contributed by atoms with Crippen LogP contribution < -0.4 is 10.5 Å². The Morgan fingerprint density at radius 2 is 2.39 bits per heavy atom. The van der Waals surface area contributed by atoms with Crippen LogP contribution in [0.5, 0.6) is 5.75 Å². The van der Waals surface area contributed by atoms with Gasteiger partial charge in [-0.2, -0.15) is 0 Å². The van der Waals surface area contributed by atoms with Crippen molar-refractivity contribution in [3.8, 4) is 5.75 Å². The van der Waals surface area contributed by atoms with Gasteiger partial charge in [0.15, 0.2) is 5.90 Å². The number of hydrogen-bond donors (Lipinski definition) is 1. The van der Waals surface area contributed by atoms with Crippen LogP contribution in [0.4, 0.5) is 0 Å². The molecule has 1 aromatic rings. The molecule has 4 nitrogen and oxygen atoms in total. The maximum Gasteiger partial charge on any atom is 0.188 e. The Kier molecular flexibility index (Phi) is 4.59. The van der Waals surface area contributed by atoms with Gasteiger partial charge in [-0.25, -0.2) is 0 Å². The van der Waals surface area contributed by atoms with E-state index in [9.17, 15) is 0 Å². The van der Waals surface area contributed by atoms with Crippen molar-refractivity contribution in [3.63, 3.8) is 0 Å². The number of ether oxygens (including phenoxy) is 2. The van der Waals surface area contributed by atoms with Crippen molar-refractivity contribution in [3.05, 3.63) is 29.8 Å². The van der Waals surface area contributed by atoms with Crippen molar-refractivity contribution in [1.29, 1.82) is 0 Å². The molecule has 0 aromatic heterocycles.